The molecule has 114 valence electrons. The zero-order valence-electron chi connectivity index (χ0n) is 11.8. The lowest BCUT2D eigenvalue weighted by atomic mass is 10.1. The van der Waals surface area contributed by atoms with Gasteiger partial charge >= 0.3 is 11.7 Å². The first kappa shape index (κ1) is 14.6. The van der Waals surface area contributed by atoms with Gasteiger partial charge in [-0.05, 0) is 37.1 Å². The van der Waals surface area contributed by atoms with Gasteiger partial charge in [0.1, 0.15) is 6.61 Å². The molecule has 0 bridgehead atoms. The van der Waals surface area contributed by atoms with Crippen molar-refractivity contribution in [3.05, 3.63) is 61.9 Å². The summed E-state index contributed by atoms with van der Waals surface area (Å²) in [5.74, 6) is -0.0716. The summed E-state index contributed by atoms with van der Waals surface area (Å²) >= 11 is 1.47. The van der Waals surface area contributed by atoms with Crippen LogP contribution < -0.4 is 0 Å². The van der Waals surface area contributed by atoms with Crippen molar-refractivity contribution >= 4 is 17.7 Å². The molecule has 3 rings (SSSR count). The van der Waals surface area contributed by atoms with Gasteiger partial charge in [-0.25, -0.2) is 4.79 Å². The molecule has 1 aromatic carbocycles. The molecule has 6 nitrogen and oxygen atoms in total. The molecule has 0 fully saturated rings. The molecule has 0 N–H and O–H groups in total. The average molecular weight is 319 g/mol. The first-order valence-corrected chi connectivity index (χ1v) is 7.51. The Labute approximate surface area is 130 Å². The van der Waals surface area contributed by atoms with E-state index in [1.165, 1.54) is 18.9 Å². The maximum Gasteiger partial charge on any atom is 0.337 e. The van der Waals surface area contributed by atoms with Crippen LogP contribution in [0.25, 0.3) is 0 Å². The molecule has 2 aliphatic rings. The molecule has 0 aromatic heterocycles. The Balaban J connectivity index is 1.95. The third kappa shape index (κ3) is 2.59. The van der Waals surface area contributed by atoms with Gasteiger partial charge in [-0.3, -0.25) is 10.1 Å². The van der Waals surface area contributed by atoms with Crippen molar-refractivity contribution in [3.8, 4) is 0 Å². The van der Waals surface area contributed by atoms with Gasteiger partial charge in [0.2, 0.25) is 5.76 Å². The lowest BCUT2D eigenvalue weighted by Gasteiger charge is -2.13. The van der Waals surface area contributed by atoms with E-state index in [1.54, 1.807) is 18.2 Å². The molecule has 0 unspecified atom stereocenters. The largest absolute Gasteiger partial charge is 0.481 e. The average Bonchev–Trinajstić information content (AvgIpc) is 2.71. The fourth-order valence-corrected chi connectivity index (χ4v) is 3.54. The molecule has 1 heterocycles. The van der Waals surface area contributed by atoms with E-state index >= 15 is 0 Å². The van der Waals surface area contributed by atoms with Crippen LogP contribution in [0.2, 0.25) is 0 Å². The number of nitro groups is 1. The predicted molar refractivity (Wildman–Crippen MR) is 79.8 cm³/mol. The Morgan fingerprint density at radius 3 is 3.00 bits per heavy atom. The highest BCUT2D eigenvalue weighted by atomic mass is 32.2. The third-order valence-corrected chi connectivity index (χ3v) is 4.73. The molecule has 0 radical (unpaired) electrons. The van der Waals surface area contributed by atoms with Gasteiger partial charge in [-0.1, -0.05) is 11.8 Å². The van der Waals surface area contributed by atoms with Crippen LogP contribution in [0.5, 0.6) is 0 Å². The van der Waals surface area contributed by atoms with E-state index in [1.807, 2.05) is 6.07 Å². The van der Waals surface area contributed by atoms with Crippen LogP contribution in [-0.4, -0.2) is 18.0 Å². The Morgan fingerprint density at radius 1 is 1.45 bits per heavy atom. The van der Waals surface area contributed by atoms with Crippen LogP contribution in [0.1, 0.15) is 28.8 Å². The van der Waals surface area contributed by atoms with Crippen LogP contribution in [0.4, 0.5) is 0 Å². The first-order valence-electron chi connectivity index (χ1n) is 6.70. The van der Waals surface area contributed by atoms with E-state index in [9.17, 15) is 14.9 Å². The summed E-state index contributed by atoms with van der Waals surface area (Å²) in [7, 11) is 1.33. The number of thioether (sulfide) groups is 1. The number of carbonyl (C=O) groups is 1. The van der Waals surface area contributed by atoms with Crippen LogP contribution in [0.15, 0.2) is 45.5 Å². The zero-order chi connectivity index (χ0) is 15.7. The zero-order valence-corrected chi connectivity index (χ0v) is 12.6. The van der Waals surface area contributed by atoms with Gasteiger partial charge in [0.15, 0.2) is 0 Å². The van der Waals surface area contributed by atoms with E-state index < -0.39 is 10.9 Å². The van der Waals surface area contributed by atoms with Crippen LogP contribution in [0, 0.1) is 10.1 Å². The number of ether oxygens (including phenoxy) is 2. The molecule has 0 saturated carbocycles. The van der Waals surface area contributed by atoms with Gasteiger partial charge < -0.3 is 9.47 Å². The van der Waals surface area contributed by atoms with Crippen LogP contribution in [-0.2, 0) is 16.1 Å². The molecule has 0 amide bonds. The summed E-state index contributed by atoms with van der Waals surface area (Å²) in [6, 6.07) is 5.23. The molecule has 7 heteroatoms. The smallest absolute Gasteiger partial charge is 0.337 e. The normalized spacial score (nSPS) is 16.7. The number of rotatable bonds is 2. The lowest BCUT2D eigenvalue weighted by Crippen LogP contribution is -2.09. The van der Waals surface area contributed by atoms with Crippen molar-refractivity contribution < 1.29 is 19.2 Å². The maximum absolute atomic E-state index is 11.6. The van der Waals surface area contributed by atoms with E-state index in [4.69, 9.17) is 9.47 Å². The molecule has 0 spiro atoms. The number of benzene rings is 1. The fraction of sp³-hybridized carbons (Fsp3) is 0.267. The second-order valence-electron chi connectivity index (χ2n) is 4.84. The van der Waals surface area contributed by atoms with Crippen molar-refractivity contribution in [1.82, 2.24) is 0 Å². The summed E-state index contributed by atoms with van der Waals surface area (Å²) in [4.78, 5) is 24.1. The van der Waals surface area contributed by atoms with Crippen LogP contribution >= 0.6 is 11.8 Å². The summed E-state index contributed by atoms with van der Waals surface area (Å²) in [6.45, 7) is 0.192. The van der Waals surface area contributed by atoms with Gasteiger partial charge in [0, 0.05) is 15.4 Å². The van der Waals surface area contributed by atoms with Crippen molar-refractivity contribution in [2.45, 2.75) is 24.3 Å². The number of hydrogen-bond donors (Lipinski definition) is 0. The predicted octanol–water partition coefficient (Wildman–Crippen LogP) is 3.26. The Hall–Kier alpha value is -2.28. The van der Waals surface area contributed by atoms with E-state index in [0.717, 1.165) is 21.8 Å². The molecule has 1 aliphatic carbocycles. The number of nitrogens with zero attached hydrogens (tertiary/aromatic N) is 1. The first-order chi connectivity index (χ1) is 10.6. The summed E-state index contributed by atoms with van der Waals surface area (Å²) in [5, 5.41) is 11.1. The van der Waals surface area contributed by atoms with Gasteiger partial charge in [0.25, 0.3) is 0 Å². The summed E-state index contributed by atoms with van der Waals surface area (Å²) < 4.78 is 10.4. The standard InChI is InChI=1S/C15H13NO5S/c1-20-15(17)9-5-6-12-10(7-9)8-21-14-11(16(18)19)3-2-4-13(14)22-12/h3,5-7H,2,4,8H2,1H3. The van der Waals surface area contributed by atoms with E-state index in [-0.39, 0.29) is 12.3 Å². The van der Waals surface area contributed by atoms with Crippen molar-refractivity contribution in [2.75, 3.05) is 7.11 Å². The lowest BCUT2D eigenvalue weighted by molar-refractivity contribution is -0.425. The third-order valence-electron chi connectivity index (χ3n) is 3.48. The highest BCUT2D eigenvalue weighted by molar-refractivity contribution is 8.03. The Bertz CT molecular complexity index is 723. The fourth-order valence-electron chi connectivity index (χ4n) is 2.42. The molecule has 1 aliphatic heterocycles. The number of carbonyl (C=O) groups excluding carboxylic acids is 1. The van der Waals surface area contributed by atoms with E-state index in [0.29, 0.717) is 17.7 Å². The Kier molecular flexibility index (Phi) is 3.89. The topological polar surface area (TPSA) is 78.7 Å². The maximum atomic E-state index is 11.6. The Morgan fingerprint density at radius 2 is 2.27 bits per heavy atom. The van der Waals surface area contributed by atoms with Crippen molar-refractivity contribution in [2.24, 2.45) is 0 Å². The quantitative estimate of drug-likeness (QED) is 0.473. The monoisotopic (exact) mass is 319 g/mol. The minimum absolute atomic E-state index is 0.0229. The number of allylic oxidation sites excluding steroid dienone is 2. The minimum Gasteiger partial charge on any atom is -0.481 e. The second-order valence-corrected chi connectivity index (χ2v) is 5.98. The van der Waals surface area contributed by atoms with Crippen molar-refractivity contribution in [3.63, 3.8) is 0 Å². The SMILES string of the molecule is COC(=O)c1ccc2c(c1)COC1=C(CCC=C1[N+](=O)[O-])S2. The second kappa shape index (κ2) is 5.84. The molecular weight excluding hydrogens is 306 g/mol. The van der Waals surface area contributed by atoms with Crippen molar-refractivity contribution in [1.29, 1.82) is 0 Å². The number of methoxy groups -OCH3 is 1. The van der Waals surface area contributed by atoms with Gasteiger partial charge in [-0.2, -0.15) is 0 Å². The molecule has 0 atom stereocenters. The molecule has 1 aromatic rings. The molecule has 22 heavy (non-hydrogen) atoms. The van der Waals surface area contributed by atoms with Gasteiger partial charge in [0.05, 0.1) is 17.6 Å². The van der Waals surface area contributed by atoms with Crippen LogP contribution in [0.3, 0.4) is 0 Å². The van der Waals surface area contributed by atoms with Gasteiger partial charge in [-0.15, -0.1) is 0 Å². The number of esters is 1. The van der Waals surface area contributed by atoms with E-state index in [2.05, 4.69) is 0 Å². The highest BCUT2D eigenvalue weighted by Gasteiger charge is 2.30. The minimum atomic E-state index is -0.416. The molecule has 0 saturated heterocycles. The number of fused-ring (bicyclic) bond motifs is 1. The highest BCUT2D eigenvalue weighted by Crippen LogP contribution is 2.42. The summed E-state index contributed by atoms with van der Waals surface area (Å²) in [6.07, 6.45) is 2.94. The molecular formula is C15H13NO5S. The summed E-state index contributed by atoms with van der Waals surface area (Å²) in [5.41, 5.74) is 1.29. The number of hydrogen-bond acceptors (Lipinski definition) is 6.